The number of hydrogen-bond acceptors (Lipinski definition) is 0. The van der Waals surface area contributed by atoms with Gasteiger partial charge in [0.25, 0.3) is 0 Å². The number of fused-ring (bicyclic) bond motifs is 1. The number of benzene rings is 1. The van der Waals surface area contributed by atoms with Gasteiger partial charge >= 0.3 is 0 Å². The molecule has 0 unspecified atom stereocenters. The molecule has 0 saturated heterocycles. The predicted molar refractivity (Wildman–Crippen MR) is 75.5 cm³/mol. The van der Waals surface area contributed by atoms with Crippen LogP contribution >= 0.6 is 0 Å². The first kappa shape index (κ1) is 12.2. The van der Waals surface area contributed by atoms with Crippen LogP contribution in [0.15, 0.2) is 30.5 Å². The summed E-state index contributed by atoms with van der Waals surface area (Å²) in [6, 6.07) is 8.82. The van der Waals surface area contributed by atoms with Crippen LogP contribution in [0.2, 0.25) is 0 Å². The third kappa shape index (κ3) is 2.71. The van der Waals surface area contributed by atoms with Gasteiger partial charge in [-0.3, -0.25) is 0 Å². The minimum absolute atomic E-state index is 1.16. The van der Waals surface area contributed by atoms with E-state index < -0.39 is 0 Å². The summed E-state index contributed by atoms with van der Waals surface area (Å²) in [6.45, 7) is 5.67. The molecule has 0 atom stereocenters. The zero-order chi connectivity index (χ0) is 12.1. The van der Waals surface area contributed by atoms with Gasteiger partial charge < -0.3 is 4.57 Å². The smallest absolute Gasteiger partial charge is 0.0483 e. The van der Waals surface area contributed by atoms with Gasteiger partial charge in [0.1, 0.15) is 0 Å². The van der Waals surface area contributed by atoms with E-state index in [1.165, 1.54) is 48.6 Å². The van der Waals surface area contributed by atoms with Gasteiger partial charge in [0.05, 0.1) is 0 Å². The van der Waals surface area contributed by atoms with Crippen LogP contribution in [0.1, 0.15) is 45.1 Å². The fourth-order valence-electron chi connectivity index (χ4n) is 2.40. The lowest BCUT2D eigenvalue weighted by Gasteiger charge is -2.02. The minimum Gasteiger partial charge on any atom is -0.347 e. The summed E-state index contributed by atoms with van der Waals surface area (Å²) >= 11 is 0. The number of aryl methyl sites for hydroxylation is 2. The Kier molecular flexibility index (Phi) is 4.24. The van der Waals surface area contributed by atoms with Gasteiger partial charge in [-0.05, 0) is 30.9 Å². The molecule has 1 heteroatoms. The molecule has 0 aliphatic carbocycles. The summed E-state index contributed by atoms with van der Waals surface area (Å²) in [5, 5.41) is 1.46. The molecule has 0 saturated carbocycles. The van der Waals surface area contributed by atoms with Gasteiger partial charge in [0.15, 0.2) is 0 Å². The van der Waals surface area contributed by atoms with Crippen molar-refractivity contribution in [2.24, 2.45) is 0 Å². The maximum absolute atomic E-state index is 2.43. The molecule has 2 rings (SSSR count). The van der Waals surface area contributed by atoms with Crippen molar-refractivity contribution < 1.29 is 0 Å². The normalized spacial score (nSPS) is 11.2. The Labute approximate surface area is 104 Å². The molecule has 17 heavy (non-hydrogen) atoms. The Hall–Kier alpha value is -1.24. The average Bonchev–Trinajstić information content (AvgIpc) is 2.72. The molecule has 1 aromatic carbocycles. The van der Waals surface area contributed by atoms with Crippen LogP contribution in [0.5, 0.6) is 0 Å². The molecule has 2 aromatic rings. The van der Waals surface area contributed by atoms with Gasteiger partial charge in [-0.2, -0.15) is 0 Å². The second-order valence-corrected chi connectivity index (χ2v) is 4.82. The average molecular weight is 229 g/mol. The first-order valence-electron chi connectivity index (χ1n) is 6.93. The molecule has 1 aromatic heterocycles. The molecule has 0 N–H and O–H groups in total. The molecular formula is C16H23N. The van der Waals surface area contributed by atoms with Gasteiger partial charge in [0.2, 0.25) is 0 Å². The zero-order valence-corrected chi connectivity index (χ0v) is 11.1. The fourth-order valence-corrected chi connectivity index (χ4v) is 2.40. The fraction of sp³-hybridized carbons (Fsp3) is 0.500. The van der Waals surface area contributed by atoms with Crippen LogP contribution < -0.4 is 0 Å². The summed E-state index contributed by atoms with van der Waals surface area (Å²) in [4.78, 5) is 0. The van der Waals surface area contributed by atoms with E-state index in [1.54, 1.807) is 0 Å². The van der Waals surface area contributed by atoms with E-state index in [4.69, 9.17) is 0 Å². The van der Waals surface area contributed by atoms with Gasteiger partial charge in [-0.25, -0.2) is 0 Å². The van der Waals surface area contributed by atoms with Crippen molar-refractivity contribution >= 4 is 10.9 Å². The second kappa shape index (κ2) is 5.90. The van der Waals surface area contributed by atoms with Crippen LogP contribution in [0.4, 0.5) is 0 Å². The highest BCUT2D eigenvalue weighted by Crippen LogP contribution is 2.23. The number of aromatic nitrogens is 1. The van der Waals surface area contributed by atoms with E-state index in [0.717, 1.165) is 6.54 Å². The molecule has 0 radical (unpaired) electrons. The van der Waals surface area contributed by atoms with Crippen LogP contribution in [0.25, 0.3) is 10.9 Å². The van der Waals surface area contributed by atoms with E-state index in [2.05, 4.69) is 48.9 Å². The summed E-state index contributed by atoms with van der Waals surface area (Å²) in [5.41, 5.74) is 2.94. The zero-order valence-electron chi connectivity index (χ0n) is 11.1. The third-order valence-electron chi connectivity index (χ3n) is 3.42. The van der Waals surface area contributed by atoms with Crippen molar-refractivity contribution in [3.8, 4) is 0 Å². The highest BCUT2D eigenvalue weighted by Gasteiger charge is 2.06. The highest BCUT2D eigenvalue weighted by atomic mass is 15.0. The molecule has 0 fully saturated rings. The van der Waals surface area contributed by atoms with Crippen molar-refractivity contribution in [1.82, 2.24) is 4.57 Å². The first-order valence-corrected chi connectivity index (χ1v) is 6.93. The number of nitrogens with zero attached hydrogens (tertiary/aromatic N) is 1. The lowest BCUT2D eigenvalue weighted by molar-refractivity contribution is 0.647. The first-order chi connectivity index (χ1) is 8.36. The monoisotopic (exact) mass is 229 g/mol. The van der Waals surface area contributed by atoms with E-state index in [9.17, 15) is 0 Å². The Balaban J connectivity index is 2.32. The molecular weight excluding hydrogens is 206 g/mol. The quantitative estimate of drug-likeness (QED) is 0.671. The highest BCUT2D eigenvalue weighted by molar-refractivity contribution is 5.83. The topological polar surface area (TPSA) is 4.93 Å². The molecule has 0 aliphatic rings. The summed E-state index contributed by atoms with van der Waals surface area (Å²) in [6.07, 6.45) is 8.69. The summed E-state index contributed by atoms with van der Waals surface area (Å²) < 4.78 is 2.43. The van der Waals surface area contributed by atoms with Crippen molar-refractivity contribution in [2.75, 3.05) is 0 Å². The molecule has 0 bridgehead atoms. The lowest BCUT2D eigenvalue weighted by atomic mass is 10.1. The van der Waals surface area contributed by atoms with E-state index in [0.29, 0.717) is 0 Å². The maximum Gasteiger partial charge on any atom is 0.0483 e. The van der Waals surface area contributed by atoms with E-state index in [1.807, 2.05) is 0 Å². The Morgan fingerprint density at radius 1 is 1.00 bits per heavy atom. The maximum atomic E-state index is 2.43. The van der Waals surface area contributed by atoms with Gasteiger partial charge in [-0.15, -0.1) is 0 Å². The predicted octanol–water partition coefficient (Wildman–Crippen LogP) is 4.78. The van der Waals surface area contributed by atoms with E-state index in [-0.39, 0.29) is 0 Å². The number of para-hydroxylation sites is 1. The number of rotatable bonds is 6. The van der Waals surface area contributed by atoms with Crippen LogP contribution in [-0.2, 0) is 13.0 Å². The molecule has 1 nitrogen and oxygen atoms in total. The van der Waals surface area contributed by atoms with Gasteiger partial charge in [0, 0.05) is 23.6 Å². The van der Waals surface area contributed by atoms with Crippen molar-refractivity contribution in [1.29, 1.82) is 0 Å². The van der Waals surface area contributed by atoms with Crippen molar-refractivity contribution in [3.05, 3.63) is 36.0 Å². The molecule has 92 valence electrons. The van der Waals surface area contributed by atoms with Crippen molar-refractivity contribution in [2.45, 2.75) is 52.5 Å². The largest absolute Gasteiger partial charge is 0.347 e. The second-order valence-electron chi connectivity index (χ2n) is 4.82. The summed E-state index contributed by atoms with van der Waals surface area (Å²) in [5.74, 6) is 0. The van der Waals surface area contributed by atoms with Crippen LogP contribution in [-0.4, -0.2) is 4.57 Å². The lowest BCUT2D eigenvalue weighted by Crippen LogP contribution is -1.94. The Bertz CT molecular complexity index is 425. The molecule has 0 spiro atoms. The SMILES string of the molecule is CCCCc1cn(CCCC)c2ccccc12. The van der Waals surface area contributed by atoms with Crippen LogP contribution in [0.3, 0.4) is 0 Å². The molecule has 0 amide bonds. The van der Waals surface area contributed by atoms with Crippen LogP contribution in [0, 0.1) is 0 Å². The molecule has 0 aliphatic heterocycles. The summed E-state index contributed by atoms with van der Waals surface area (Å²) in [7, 11) is 0. The third-order valence-corrected chi connectivity index (χ3v) is 3.42. The number of unbranched alkanes of at least 4 members (excludes halogenated alkanes) is 2. The minimum atomic E-state index is 1.16. The Morgan fingerprint density at radius 3 is 2.53 bits per heavy atom. The van der Waals surface area contributed by atoms with Crippen molar-refractivity contribution in [3.63, 3.8) is 0 Å². The molecule has 1 heterocycles. The Morgan fingerprint density at radius 2 is 1.76 bits per heavy atom. The van der Waals surface area contributed by atoms with Gasteiger partial charge in [-0.1, -0.05) is 44.9 Å². The number of hydrogen-bond donors (Lipinski definition) is 0. The van der Waals surface area contributed by atoms with E-state index >= 15 is 0 Å². The standard InChI is InChI=1S/C16H23N/c1-3-5-9-14-13-17(12-6-4-2)16-11-8-7-10-15(14)16/h7-8,10-11,13H,3-6,9,12H2,1-2H3.